The summed E-state index contributed by atoms with van der Waals surface area (Å²) < 4.78 is 25.8. The first-order chi connectivity index (χ1) is 7.95. The number of rotatable bonds is 6. The Kier molecular flexibility index (Phi) is 4.84. The minimum absolute atomic E-state index is 0.157. The fourth-order valence-corrected chi connectivity index (χ4v) is 2.27. The maximum Gasteiger partial charge on any atom is 0.240 e. The third-order valence-corrected chi connectivity index (χ3v) is 3.66. The lowest BCUT2D eigenvalue weighted by Crippen LogP contribution is -2.29. The molecule has 1 rings (SSSR count). The lowest BCUT2D eigenvalue weighted by Gasteiger charge is -2.06. The second kappa shape index (κ2) is 5.93. The van der Waals surface area contributed by atoms with Crippen LogP contribution in [0, 0.1) is 13.8 Å². The quantitative estimate of drug-likeness (QED) is 0.836. The van der Waals surface area contributed by atoms with Crippen LogP contribution < -0.4 is 4.72 Å². The average molecular weight is 254 g/mol. The first-order valence-electron chi connectivity index (χ1n) is 5.33. The molecule has 17 heavy (non-hydrogen) atoms. The highest BCUT2D eigenvalue weighted by molar-refractivity contribution is 7.89. The van der Waals surface area contributed by atoms with Gasteiger partial charge in [0.25, 0.3) is 0 Å². The zero-order chi connectivity index (χ0) is 12.9. The van der Waals surface area contributed by atoms with Gasteiger partial charge in [0.2, 0.25) is 10.0 Å². The van der Waals surface area contributed by atoms with E-state index in [1.165, 1.54) is 12.1 Å². The van der Waals surface area contributed by atoms with Crippen molar-refractivity contribution in [2.75, 3.05) is 6.54 Å². The summed E-state index contributed by atoms with van der Waals surface area (Å²) in [5.41, 5.74) is 0.983. The van der Waals surface area contributed by atoms with Gasteiger partial charge < -0.3 is 0 Å². The van der Waals surface area contributed by atoms with Crippen molar-refractivity contribution < 1.29 is 13.2 Å². The molecular formula is C12H16NO3S. The van der Waals surface area contributed by atoms with E-state index in [9.17, 15) is 13.2 Å². The normalized spacial score (nSPS) is 11.4. The summed E-state index contributed by atoms with van der Waals surface area (Å²) in [7, 11) is -3.58. The average Bonchev–Trinajstić information content (AvgIpc) is 2.28. The topological polar surface area (TPSA) is 63.2 Å². The van der Waals surface area contributed by atoms with Gasteiger partial charge >= 0.3 is 0 Å². The standard InChI is InChI=1S/C12H16NO3S/c1-3-4-11(14)9-13-17(15,16)12-7-5-10(2)6-8-12/h5-8,13H,1,3-4,9H2,2H3. The molecule has 0 fully saturated rings. The minimum Gasteiger partial charge on any atom is -0.298 e. The number of ketones is 1. The van der Waals surface area contributed by atoms with E-state index in [0.717, 1.165) is 5.56 Å². The molecule has 1 aromatic carbocycles. The van der Waals surface area contributed by atoms with Crippen LogP contribution in [0.1, 0.15) is 18.4 Å². The molecule has 0 heterocycles. The molecule has 0 unspecified atom stereocenters. The van der Waals surface area contributed by atoms with E-state index in [2.05, 4.69) is 11.6 Å². The van der Waals surface area contributed by atoms with Crippen LogP contribution in [-0.2, 0) is 14.8 Å². The van der Waals surface area contributed by atoms with E-state index in [-0.39, 0.29) is 23.6 Å². The molecule has 0 saturated heterocycles. The zero-order valence-electron chi connectivity index (χ0n) is 9.77. The van der Waals surface area contributed by atoms with Crippen molar-refractivity contribution in [3.63, 3.8) is 0 Å². The molecule has 5 heteroatoms. The Morgan fingerprint density at radius 3 is 2.41 bits per heavy atom. The third kappa shape index (κ3) is 4.28. The second-order valence-corrected chi connectivity index (χ2v) is 5.55. The molecule has 0 aliphatic carbocycles. The molecule has 0 spiro atoms. The van der Waals surface area contributed by atoms with Crippen molar-refractivity contribution in [2.24, 2.45) is 0 Å². The molecule has 93 valence electrons. The van der Waals surface area contributed by atoms with Gasteiger partial charge in [-0.1, -0.05) is 24.6 Å². The minimum atomic E-state index is -3.58. The van der Waals surface area contributed by atoms with Crippen LogP contribution in [0.2, 0.25) is 0 Å². The van der Waals surface area contributed by atoms with Gasteiger partial charge in [0.1, 0.15) is 5.78 Å². The van der Waals surface area contributed by atoms with Crippen molar-refractivity contribution in [3.05, 3.63) is 36.8 Å². The van der Waals surface area contributed by atoms with E-state index in [1.807, 2.05) is 6.92 Å². The number of hydrogen-bond donors (Lipinski definition) is 1. The largest absolute Gasteiger partial charge is 0.298 e. The lowest BCUT2D eigenvalue weighted by molar-refractivity contribution is -0.117. The second-order valence-electron chi connectivity index (χ2n) is 3.78. The van der Waals surface area contributed by atoms with Crippen LogP contribution in [-0.4, -0.2) is 20.7 Å². The highest BCUT2D eigenvalue weighted by Crippen LogP contribution is 2.09. The van der Waals surface area contributed by atoms with Gasteiger partial charge in [0.15, 0.2) is 0 Å². The first-order valence-corrected chi connectivity index (χ1v) is 6.81. The summed E-state index contributed by atoms with van der Waals surface area (Å²) in [6, 6.07) is 6.46. The van der Waals surface area contributed by atoms with Crippen LogP contribution in [0.4, 0.5) is 0 Å². The summed E-state index contributed by atoms with van der Waals surface area (Å²) in [4.78, 5) is 11.4. The predicted octanol–water partition coefficient (Wildman–Crippen LogP) is 1.46. The number of carbonyl (C=O) groups is 1. The number of aryl methyl sites for hydroxylation is 1. The Labute approximate surface area is 102 Å². The van der Waals surface area contributed by atoms with E-state index in [4.69, 9.17) is 0 Å². The predicted molar refractivity (Wildman–Crippen MR) is 66.0 cm³/mol. The number of Topliss-reactive ketones (excluding diaryl/α,β-unsaturated/α-hetero) is 1. The molecule has 1 radical (unpaired) electrons. The molecule has 4 nitrogen and oxygen atoms in total. The Hall–Kier alpha value is -1.20. The van der Waals surface area contributed by atoms with Crippen molar-refractivity contribution in [1.29, 1.82) is 0 Å². The molecule has 0 atom stereocenters. The summed E-state index contributed by atoms with van der Waals surface area (Å²) in [6.45, 7) is 5.24. The molecule has 1 N–H and O–H groups in total. The van der Waals surface area contributed by atoms with Gasteiger partial charge in [-0.05, 0) is 25.5 Å². The molecule has 0 aliphatic rings. The molecule has 0 saturated carbocycles. The highest BCUT2D eigenvalue weighted by atomic mass is 32.2. The number of hydrogen-bond acceptors (Lipinski definition) is 3. The molecule has 0 aliphatic heterocycles. The van der Waals surface area contributed by atoms with Gasteiger partial charge in [-0.25, -0.2) is 13.1 Å². The van der Waals surface area contributed by atoms with Crippen molar-refractivity contribution in [3.8, 4) is 0 Å². The van der Waals surface area contributed by atoms with Gasteiger partial charge in [-0.2, -0.15) is 0 Å². The summed E-state index contributed by atoms with van der Waals surface area (Å²) in [6.07, 6.45) is 0.765. The maximum absolute atomic E-state index is 11.8. The van der Waals surface area contributed by atoms with Gasteiger partial charge in [-0.15, -0.1) is 0 Å². The Bertz CT molecular complexity index is 477. The van der Waals surface area contributed by atoms with E-state index >= 15 is 0 Å². The summed E-state index contributed by atoms with van der Waals surface area (Å²) in [5, 5.41) is 0. The molecule has 1 aromatic rings. The number of nitrogens with one attached hydrogen (secondary N) is 1. The van der Waals surface area contributed by atoms with Crippen molar-refractivity contribution >= 4 is 15.8 Å². The summed E-state index contributed by atoms with van der Waals surface area (Å²) >= 11 is 0. The third-order valence-electron chi connectivity index (χ3n) is 2.25. The smallest absolute Gasteiger partial charge is 0.240 e. The summed E-state index contributed by atoms with van der Waals surface area (Å²) in [5.74, 6) is -0.157. The van der Waals surface area contributed by atoms with E-state index in [1.54, 1.807) is 12.1 Å². The van der Waals surface area contributed by atoms with Crippen LogP contribution in [0.3, 0.4) is 0 Å². The zero-order valence-corrected chi connectivity index (χ0v) is 10.6. The van der Waals surface area contributed by atoms with Crippen molar-refractivity contribution in [1.82, 2.24) is 4.72 Å². The SMILES string of the molecule is [CH2]CCC(=O)CNS(=O)(=O)c1ccc(C)cc1. The van der Waals surface area contributed by atoms with Gasteiger partial charge in [0.05, 0.1) is 11.4 Å². The molecular weight excluding hydrogens is 238 g/mol. The van der Waals surface area contributed by atoms with Crippen LogP contribution >= 0.6 is 0 Å². The molecule has 0 aromatic heterocycles. The van der Waals surface area contributed by atoms with Crippen LogP contribution in [0.25, 0.3) is 0 Å². The first kappa shape index (κ1) is 13.9. The lowest BCUT2D eigenvalue weighted by atomic mass is 10.2. The van der Waals surface area contributed by atoms with Gasteiger partial charge in [-0.3, -0.25) is 4.79 Å². The van der Waals surface area contributed by atoms with E-state index in [0.29, 0.717) is 6.42 Å². The van der Waals surface area contributed by atoms with E-state index < -0.39 is 10.0 Å². The number of sulfonamides is 1. The maximum atomic E-state index is 11.8. The Morgan fingerprint density at radius 2 is 1.88 bits per heavy atom. The van der Waals surface area contributed by atoms with Crippen LogP contribution in [0.5, 0.6) is 0 Å². The number of benzene rings is 1. The Morgan fingerprint density at radius 1 is 1.29 bits per heavy atom. The monoisotopic (exact) mass is 254 g/mol. The molecule has 0 amide bonds. The van der Waals surface area contributed by atoms with Gasteiger partial charge in [0, 0.05) is 6.42 Å². The van der Waals surface area contributed by atoms with Crippen LogP contribution in [0.15, 0.2) is 29.2 Å². The number of carbonyl (C=O) groups excluding carboxylic acids is 1. The fraction of sp³-hybridized carbons (Fsp3) is 0.333. The Balaban J connectivity index is 2.69. The fourth-order valence-electron chi connectivity index (χ4n) is 1.26. The molecule has 0 bridgehead atoms. The van der Waals surface area contributed by atoms with Crippen molar-refractivity contribution in [2.45, 2.75) is 24.7 Å². The highest BCUT2D eigenvalue weighted by Gasteiger charge is 2.14.